The highest BCUT2D eigenvalue weighted by Crippen LogP contribution is 2.24. The Bertz CT molecular complexity index is 574. The maximum absolute atomic E-state index is 12.0. The predicted octanol–water partition coefficient (Wildman–Crippen LogP) is 3.18. The summed E-state index contributed by atoms with van der Waals surface area (Å²) < 4.78 is 5.30. The van der Waals surface area contributed by atoms with Crippen LogP contribution in [0.1, 0.15) is 31.9 Å². The number of benzene rings is 2. The summed E-state index contributed by atoms with van der Waals surface area (Å²) in [7, 11) is 0. The highest BCUT2D eigenvalue weighted by molar-refractivity contribution is 5.90. The van der Waals surface area contributed by atoms with Gasteiger partial charge in [0.05, 0.1) is 6.10 Å². The van der Waals surface area contributed by atoms with E-state index >= 15 is 0 Å². The van der Waals surface area contributed by atoms with Gasteiger partial charge in [-0.1, -0.05) is 49.4 Å². The summed E-state index contributed by atoms with van der Waals surface area (Å²) in [6, 6.07) is 12.9. The third-order valence-corrected chi connectivity index (χ3v) is 3.30. The van der Waals surface area contributed by atoms with E-state index in [0.29, 0.717) is 0 Å². The summed E-state index contributed by atoms with van der Waals surface area (Å²) in [4.78, 5) is 12.0. The Morgan fingerprint density at radius 3 is 2.63 bits per heavy atom. The summed E-state index contributed by atoms with van der Waals surface area (Å²) in [5.41, 5.74) is 6.84. The lowest BCUT2D eigenvalue weighted by Gasteiger charge is -2.17. The minimum absolute atomic E-state index is 0.103. The molecule has 0 fully saturated rings. The van der Waals surface area contributed by atoms with E-state index in [-0.39, 0.29) is 12.1 Å². The molecule has 3 nitrogen and oxygen atoms in total. The van der Waals surface area contributed by atoms with Crippen LogP contribution < -0.4 is 5.73 Å². The third-order valence-electron chi connectivity index (χ3n) is 3.30. The molecule has 100 valence electrons. The fourth-order valence-corrected chi connectivity index (χ4v) is 2.00. The van der Waals surface area contributed by atoms with Crippen LogP contribution in [0.2, 0.25) is 0 Å². The first-order valence-corrected chi connectivity index (χ1v) is 6.57. The largest absolute Gasteiger partial charge is 0.461 e. The highest BCUT2D eigenvalue weighted by Gasteiger charge is 2.20. The van der Waals surface area contributed by atoms with Gasteiger partial charge >= 0.3 is 5.97 Å². The van der Waals surface area contributed by atoms with E-state index in [2.05, 4.69) is 0 Å². The number of carbonyl (C=O) groups is 1. The van der Waals surface area contributed by atoms with Crippen LogP contribution in [0.25, 0.3) is 10.8 Å². The maximum atomic E-state index is 12.0. The summed E-state index contributed by atoms with van der Waals surface area (Å²) in [5.74, 6) is -0.370. The van der Waals surface area contributed by atoms with Crippen molar-refractivity contribution in [3.05, 3.63) is 48.0 Å². The first-order chi connectivity index (χ1) is 9.13. The number of hydrogen-bond donors (Lipinski definition) is 1. The third kappa shape index (κ3) is 2.93. The molecule has 2 rings (SSSR count). The Hall–Kier alpha value is -1.87. The smallest absolute Gasteiger partial charge is 0.327 e. The van der Waals surface area contributed by atoms with Crippen molar-refractivity contribution in [1.29, 1.82) is 0 Å². The van der Waals surface area contributed by atoms with Crippen molar-refractivity contribution in [3.63, 3.8) is 0 Å². The lowest BCUT2D eigenvalue weighted by Crippen LogP contribution is -2.27. The number of nitrogens with two attached hydrogens (primary N) is 1. The zero-order valence-corrected chi connectivity index (χ0v) is 11.3. The minimum Gasteiger partial charge on any atom is -0.461 e. The Morgan fingerprint density at radius 2 is 1.89 bits per heavy atom. The average molecular weight is 257 g/mol. The Morgan fingerprint density at radius 1 is 1.21 bits per heavy atom. The molecule has 2 aromatic rings. The van der Waals surface area contributed by atoms with Crippen LogP contribution in [-0.4, -0.2) is 12.1 Å². The van der Waals surface area contributed by atoms with Crippen LogP contribution in [0.5, 0.6) is 0 Å². The average Bonchev–Trinajstić information content (AvgIpc) is 2.45. The van der Waals surface area contributed by atoms with Crippen molar-refractivity contribution in [3.8, 4) is 0 Å². The molecule has 2 unspecified atom stereocenters. The Balaban J connectivity index is 2.31. The van der Waals surface area contributed by atoms with Gasteiger partial charge in [0, 0.05) is 0 Å². The van der Waals surface area contributed by atoms with Gasteiger partial charge in [-0.05, 0) is 29.7 Å². The van der Waals surface area contributed by atoms with Gasteiger partial charge in [-0.15, -0.1) is 0 Å². The van der Waals surface area contributed by atoms with Gasteiger partial charge in [-0.2, -0.15) is 0 Å². The van der Waals surface area contributed by atoms with Crippen molar-refractivity contribution in [2.24, 2.45) is 5.73 Å². The second-order valence-electron chi connectivity index (χ2n) is 4.70. The predicted molar refractivity (Wildman–Crippen MR) is 76.7 cm³/mol. The quantitative estimate of drug-likeness (QED) is 0.856. The van der Waals surface area contributed by atoms with E-state index in [1.165, 1.54) is 0 Å². The van der Waals surface area contributed by atoms with Crippen LogP contribution in [0.4, 0.5) is 0 Å². The van der Waals surface area contributed by atoms with Crippen LogP contribution in [0.3, 0.4) is 0 Å². The number of carbonyl (C=O) groups excluding carboxylic acids is 1. The van der Waals surface area contributed by atoms with Crippen molar-refractivity contribution in [2.45, 2.75) is 32.4 Å². The van der Waals surface area contributed by atoms with Crippen molar-refractivity contribution in [2.75, 3.05) is 0 Å². The fraction of sp³-hybridized carbons (Fsp3) is 0.312. The number of esters is 1. The van der Waals surface area contributed by atoms with Gasteiger partial charge in [0.1, 0.15) is 6.04 Å². The molecule has 3 heteroatoms. The van der Waals surface area contributed by atoms with Gasteiger partial charge in [-0.25, -0.2) is 4.79 Å². The lowest BCUT2D eigenvalue weighted by atomic mass is 9.99. The molecule has 2 atom stereocenters. The second-order valence-corrected chi connectivity index (χ2v) is 4.70. The van der Waals surface area contributed by atoms with Crippen LogP contribution in [0.15, 0.2) is 42.5 Å². The number of rotatable bonds is 4. The van der Waals surface area contributed by atoms with E-state index in [9.17, 15) is 4.79 Å². The number of ether oxygens (including phenoxy) is 1. The van der Waals surface area contributed by atoms with Gasteiger partial charge in [0.2, 0.25) is 0 Å². The molecule has 0 aromatic heterocycles. The molecule has 0 spiro atoms. The summed E-state index contributed by atoms with van der Waals surface area (Å²) in [6.07, 6.45) is 0.682. The monoisotopic (exact) mass is 257 g/mol. The molecular formula is C16H19NO2. The van der Waals surface area contributed by atoms with Crippen molar-refractivity contribution >= 4 is 16.7 Å². The van der Waals surface area contributed by atoms with E-state index in [0.717, 1.165) is 22.8 Å². The number of fused-ring (bicyclic) bond motifs is 1. The normalized spacial score (nSPS) is 14.1. The topological polar surface area (TPSA) is 52.3 Å². The fourth-order valence-electron chi connectivity index (χ4n) is 2.00. The van der Waals surface area contributed by atoms with E-state index < -0.39 is 6.04 Å². The SMILES string of the molecule is CCC(C)OC(=O)C(N)c1cccc2ccccc12. The van der Waals surface area contributed by atoms with E-state index in [1.807, 2.05) is 56.3 Å². The Labute approximate surface area is 113 Å². The van der Waals surface area contributed by atoms with Gasteiger partial charge in [0.25, 0.3) is 0 Å². The highest BCUT2D eigenvalue weighted by atomic mass is 16.5. The molecule has 0 radical (unpaired) electrons. The molecule has 0 aliphatic carbocycles. The van der Waals surface area contributed by atoms with Gasteiger partial charge < -0.3 is 10.5 Å². The van der Waals surface area contributed by atoms with Crippen molar-refractivity contribution in [1.82, 2.24) is 0 Å². The molecule has 2 aromatic carbocycles. The summed E-state index contributed by atoms with van der Waals surface area (Å²) in [6.45, 7) is 3.84. The number of hydrogen-bond acceptors (Lipinski definition) is 3. The zero-order chi connectivity index (χ0) is 13.8. The summed E-state index contributed by atoms with van der Waals surface area (Å²) >= 11 is 0. The molecule has 0 bridgehead atoms. The minimum atomic E-state index is -0.736. The molecule has 0 saturated carbocycles. The molecule has 0 aliphatic heterocycles. The first kappa shape index (κ1) is 13.6. The molecule has 2 N–H and O–H groups in total. The van der Waals surface area contributed by atoms with Crippen LogP contribution in [0, 0.1) is 0 Å². The molecule has 19 heavy (non-hydrogen) atoms. The molecule has 0 saturated heterocycles. The van der Waals surface area contributed by atoms with Crippen LogP contribution >= 0.6 is 0 Å². The van der Waals surface area contributed by atoms with E-state index in [1.54, 1.807) is 0 Å². The molecule has 0 heterocycles. The molecule has 0 amide bonds. The molecule has 0 aliphatic rings. The first-order valence-electron chi connectivity index (χ1n) is 6.57. The second kappa shape index (κ2) is 5.85. The van der Waals surface area contributed by atoms with Crippen molar-refractivity contribution < 1.29 is 9.53 Å². The van der Waals surface area contributed by atoms with Gasteiger partial charge in [-0.3, -0.25) is 0 Å². The van der Waals surface area contributed by atoms with Gasteiger partial charge in [0.15, 0.2) is 0 Å². The molecular weight excluding hydrogens is 238 g/mol. The summed E-state index contributed by atoms with van der Waals surface area (Å²) in [5, 5.41) is 2.07. The standard InChI is InChI=1S/C16H19NO2/c1-3-11(2)19-16(18)15(17)14-10-6-8-12-7-4-5-9-13(12)14/h4-11,15H,3,17H2,1-2H3. The van der Waals surface area contributed by atoms with E-state index in [4.69, 9.17) is 10.5 Å². The Kier molecular flexibility index (Phi) is 4.17. The van der Waals surface area contributed by atoms with Crippen LogP contribution in [-0.2, 0) is 9.53 Å². The zero-order valence-electron chi connectivity index (χ0n) is 11.3. The maximum Gasteiger partial charge on any atom is 0.327 e. The lowest BCUT2D eigenvalue weighted by molar-refractivity contribution is -0.150.